The van der Waals surface area contributed by atoms with Crippen LogP contribution in [0.5, 0.6) is 17.2 Å². The molecule has 214 valence electrons. The van der Waals surface area contributed by atoms with E-state index in [0.717, 1.165) is 12.1 Å². The predicted molar refractivity (Wildman–Crippen MR) is 155 cm³/mol. The normalized spacial score (nSPS) is 11.3. The Labute approximate surface area is 243 Å². The van der Waals surface area contributed by atoms with Crippen molar-refractivity contribution in [3.63, 3.8) is 0 Å². The zero-order chi connectivity index (χ0) is 30.2. The van der Waals surface area contributed by atoms with E-state index in [0.29, 0.717) is 10.7 Å². The molecule has 9 nitrogen and oxygen atoms in total. The molecule has 0 fully saturated rings. The summed E-state index contributed by atoms with van der Waals surface area (Å²) in [5.41, 5.74) is -0.845. The van der Waals surface area contributed by atoms with Crippen molar-refractivity contribution >= 4 is 21.4 Å². The lowest BCUT2D eigenvalue weighted by Gasteiger charge is -2.19. The van der Waals surface area contributed by atoms with Gasteiger partial charge in [0.25, 0.3) is 11.1 Å². The Hall–Kier alpha value is -4.87. The molecular weight excluding hydrogens is 587 g/mol. The van der Waals surface area contributed by atoms with E-state index in [1.807, 2.05) is 0 Å². The van der Waals surface area contributed by atoms with Crippen LogP contribution in [0.4, 0.5) is 4.39 Å². The lowest BCUT2D eigenvalue weighted by atomic mass is 9.96. The fourth-order valence-electron chi connectivity index (χ4n) is 4.56. The van der Waals surface area contributed by atoms with Gasteiger partial charge < -0.3 is 19.6 Å². The molecule has 0 atom stereocenters. The van der Waals surface area contributed by atoms with Crippen molar-refractivity contribution in [2.24, 2.45) is 0 Å². The molecular formula is C30H22ClFN2O7S. The lowest BCUT2D eigenvalue weighted by molar-refractivity contribution is 0.396. The summed E-state index contributed by atoms with van der Waals surface area (Å²) in [5.74, 6) is -0.986. The van der Waals surface area contributed by atoms with Gasteiger partial charge in [-0.05, 0) is 72.3 Å². The van der Waals surface area contributed by atoms with Gasteiger partial charge in [-0.2, -0.15) is 0 Å². The summed E-state index contributed by atoms with van der Waals surface area (Å²) >= 11 is 6.00. The highest BCUT2D eigenvalue weighted by atomic mass is 35.5. The van der Waals surface area contributed by atoms with Crippen LogP contribution in [0.1, 0.15) is 0 Å². The van der Waals surface area contributed by atoms with Crippen molar-refractivity contribution in [2.75, 3.05) is 14.2 Å². The fraction of sp³-hybridized carbons (Fsp3) is 0.0667. The van der Waals surface area contributed by atoms with Gasteiger partial charge in [0.2, 0.25) is 9.84 Å². The van der Waals surface area contributed by atoms with Gasteiger partial charge in [-0.25, -0.2) is 12.8 Å². The van der Waals surface area contributed by atoms with Gasteiger partial charge in [0.05, 0.1) is 41.0 Å². The average Bonchev–Trinajstić information content (AvgIpc) is 2.98. The van der Waals surface area contributed by atoms with Gasteiger partial charge in [0.15, 0.2) is 10.6 Å². The number of aromatic hydroxyl groups is 1. The Morgan fingerprint density at radius 1 is 0.857 bits per heavy atom. The summed E-state index contributed by atoms with van der Waals surface area (Å²) in [6.07, 6.45) is 1.38. The van der Waals surface area contributed by atoms with E-state index in [2.05, 4.69) is 4.98 Å². The lowest BCUT2D eigenvalue weighted by Crippen LogP contribution is -2.20. The third kappa shape index (κ3) is 5.04. The topological polar surface area (TPSA) is 128 Å². The van der Waals surface area contributed by atoms with Crippen LogP contribution in [0.3, 0.4) is 0 Å². The minimum atomic E-state index is -4.64. The van der Waals surface area contributed by atoms with Crippen molar-refractivity contribution in [1.29, 1.82) is 0 Å². The van der Waals surface area contributed by atoms with Gasteiger partial charge in [-0.15, -0.1) is 0 Å². The van der Waals surface area contributed by atoms with Gasteiger partial charge in [0.1, 0.15) is 17.3 Å². The third-order valence-corrected chi connectivity index (χ3v) is 8.56. The molecule has 0 saturated heterocycles. The zero-order valence-corrected chi connectivity index (χ0v) is 23.7. The average molecular weight is 609 g/mol. The third-order valence-electron chi connectivity index (χ3n) is 6.53. The van der Waals surface area contributed by atoms with E-state index < -0.39 is 37.4 Å². The molecule has 0 spiro atoms. The summed E-state index contributed by atoms with van der Waals surface area (Å²) in [6, 6.07) is 17.7. The summed E-state index contributed by atoms with van der Waals surface area (Å²) < 4.78 is 53.6. The maximum absolute atomic E-state index is 13.8. The number of benzene rings is 3. The largest absolute Gasteiger partial charge is 0.506 e. The van der Waals surface area contributed by atoms with Gasteiger partial charge in [-0.3, -0.25) is 14.2 Å². The number of halogens is 2. The molecule has 2 aromatic heterocycles. The smallest absolute Gasteiger partial charge is 0.271 e. The first kappa shape index (κ1) is 28.7. The molecule has 2 heterocycles. The molecule has 0 aliphatic rings. The minimum absolute atomic E-state index is 0.00919. The highest BCUT2D eigenvalue weighted by Gasteiger charge is 2.32. The van der Waals surface area contributed by atoms with E-state index in [9.17, 15) is 27.5 Å². The fourth-order valence-corrected chi connectivity index (χ4v) is 6.10. The number of aromatic amines is 1. The van der Waals surface area contributed by atoms with Crippen LogP contribution in [0.2, 0.25) is 5.02 Å². The number of pyridine rings is 2. The Morgan fingerprint density at radius 3 is 2.07 bits per heavy atom. The molecule has 0 aliphatic carbocycles. The van der Waals surface area contributed by atoms with Crippen LogP contribution in [0.25, 0.3) is 28.1 Å². The first-order valence-electron chi connectivity index (χ1n) is 12.3. The molecule has 0 amide bonds. The molecule has 12 heteroatoms. The van der Waals surface area contributed by atoms with Crippen LogP contribution in [-0.4, -0.2) is 37.3 Å². The summed E-state index contributed by atoms with van der Waals surface area (Å²) in [6.45, 7) is 0. The molecule has 0 radical (unpaired) electrons. The molecule has 0 aliphatic heterocycles. The summed E-state index contributed by atoms with van der Waals surface area (Å²) in [7, 11) is -1.89. The maximum Gasteiger partial charge on any atom is 0.271 e. The number of nitrogens with one attached hydrogen (secondary N) is 1. The molecule has 5 rings (SSSR count). The van der Waals surface area contributed by atoms with Crippen LogP contribution in [0, 0.1) is 5.82 Å². The van der Waals surface area contributed by atoms with Crippen molar-refractivity contribution < 1.29 is 27.4 Å². The molecule has 2 N–H and O–H groups in total. The van der Waals surface area contributed by atoms with Crippen molar-refractivity contribution in [3.05, 3.63) is 117 Å². The quantitative estimate of drug-likeness (QED) is 0.260. The maximum atomic E-state index is 13.8. The van der Waals surface area contributed by atoms with Crippen LogP contribution < -0.4 is 20.6 Å². The molecule has 5 aromatic rings. The molecule has 0 saturated carbocycles. The van der Waals surface area contributed by atoms with Gasteiger partial charge >= 0.3 is 0 Å². The van der Waals surface area contributed by atoms with Crippen LogP contribution >= 0.6 is 11.6 Å². The van der Waals surface area contributed by atoms with E-state index in [-0.39, 0.29) is 38.8 Å². The first-order valence-corrected chi connectivity index (χ1v) is 14.1. The van der Waals surface area contributed by atoms with Crippen molar-refractivity contribution in [3.8, 4) is 45.3 Å². The number of aromatic nitrogens is 2. The van der Waals surface area contributed by atoms with E-state index in [1.165, 1.54) is 73.5 Å². The second kappa shape index (κ2) is 11.2. The monoisotopic (exact) mass is 608 g/mol. The van der Waals surface area contributed by atoms with Gasteiger partial charge in [0, 0.05) is 18.0 Å². The zero-order valence-electron chi connectivity index (χ0n) is 22.1. The van der Waals surface area contributed by atoms with E-state index in [1.54, 1.807) is 18.2 Å². The molecule has 0 unspecified atom stereocenters. The predicted octanol–water partition coefficient (Wildman–Crippen LogP) is 5.21. The van der Waals surface area contributed by atoms with Crippen LogP contribution in [-0.2, 0) is 9.84 Å². The number of methoxy groups -OCH3 is 2. The first-order chi connectivity index (χ1) is 20.1. The number of H-pyrrole nitrogens is 1. The highest BCUT2D eigenvalue weighted by molar-refractivity contribution is 7.91. The van der Waals surface area contributed by atoms with Gasteiger partial charge in [-0.1, -0.05) is 17.7 Å². The Kier molecular flexibility index (Phi) is 7.63. The number of nitrogens with zero attached hydrogens (tertiary/aromatic N) is 1. The summed E-state index contributed by atoms with van der Waals surface area (Å²) in [5, 5.41) is 11.9. The number of rotatable bonds is 7. The van der Waals surface area contributed by atoms with E-state index in [4.69, 9.17) is 21.1 Å². The van der Waals surface area contributed by atoms with Crippen molar-refractivity contribution in [1.82, 2.24) is 9.55 Å². The Bertz CT molecular complexity index is 2020. The standard InChI is InChI=1S/C30H22ClFN2O7S/c1-40-22-4-3-5-23(41-2)25(22)26-27(17-6-9-19(32)10-7-17)33-30(37)29(28(26)36)42(38,39)21-13-11-20(12-14-21)34-16-18(31)8-15-24(34)35/h3-16H,1-2H3,(H2,33,36,37). The number of hydrogen-bond acceptors (Lipinski definition) is 7. The Balaban J connectivity index is 1.76. The number of sulfone groups is 1. The molecule has 0 bridgehead atoms. The SMILES string of the molecule is COc1cccc(OC)c1-c1c(-c2ccc(F)cc2)[nH]c(=O)c(S(=O)(=O)c2ccc(-n3cc(Cl)ccc3=O)cc2)c1O. The number of hydrogen-bond donors (Lipinski definition) is 2. The second-order valence-electron chi connectivity index (χ2n) is 8.98. The molecule has 42 heavy (non-hydrogen) atoms. The second-order valence-corrected chi connectivity index (χ2v) is 11.3. The number of ether oxygens (including phenoxy) is 2. The molecule has 3 aromatic carbocycles. The summed E-state index contributed by atoms with van der Waals surface area (Å²) in [4.78, 5) is 27.0. The Morgan fingerprint density at radius 2 is 1.48 bits per heavy atom. The van der Waals surface area contributed by atoms with E-state index >= 15 is 0 Å². The van der Waals surface area contributed by atoms with Crippen LogP contribution in [0.15, 0.2) is 104 Å². The van der Waals surface area contributed by atoms with Crippen molar-refractivity contribution in [2.45, 2.75) is 9.79 Å². The minimum Gasteiger partial charge on any atom is -0.506 e. The highest BCUT2D eigenvalue weighted by Crippen LogP contribution is 2.48.